The number of benzene rings is 2. The van der Waals surface area contributed by atoms with E-state index in [1.807, 2.05) is 51.1 Å². The molecule has 3 nitrogen and oxygen atoms in total. The average Bonchev–Trinajstić information content (AvgIpc) is 2.48. The van der Waals surface area contributed by atoms with Gasteiger partial charge in [0, 0.05) is 5.56 Å². The van der Waals surface area contributed by atoms with Gasteiger partial charge in [0.05, 0.1) is 6.54 Å². The van der Waals surface area contributed by atoms with Crippen LogP contribution in [0.1, 0.15) is 32.6 Å². The molecule has 0 radical (unpaired) electrons. The standard InChI is InChI=1S/C19H23NO2/c1-13-5-8-18(16(4)11-13)22-10-9-20-19(21)17-7-6-14(2)15(3)12-17/h5-8,11-12H,9-10H2,1-4H3,(H,20,21). The van der Waals surface area contributed by atoms with Crippen molar-refractivity contribution in [1.82, 2.24) is 5.32 Å². The summed E-state index contributed by atoms with van der Waals surface area (Å²) in [6.07, 6.45) is 0. The van der Waals surface area contributed by atoms with Crippen molar-refractivity contribution in [2.24, 2.45) is 0 Å². The highest BCUT2D eigenvalue weighted by molar-refractivity contribution is 5.94. The first-order valence-corrected chi connectivity index (χ1v) is 7.53. The topological polar surface area (TPSA) is 38.3 Å². The summed E-state index contributed by atoms with van der Waals surface area (Å²) >= 11 is 0. The first-order chi connectivity index (χ1) is 10.5. The van der Waals surface area contributed by atoms with E-state index in [0.717, 1.165) is 16.9 Å². The number of carbonyl (C=O) groups is 1. The van der Waals surface area contributed by atoms with Gasteiger partial charge < -0.3 is 10.1 Å². The predicted molar refractivity (Wildman–Crippen MR) is 89.7 cm³/mol. The fourth-order valence-electron chi connectivity index (χ4n) is 2.27. The van der Waals surface area contributed by atoms with Crippen LogP contribution in [0.15, 0.2) is 36.4 Å². The summed E-state index contributed by atoms with van der Waals surface area (Å²) in [6, 6.07) is 11.8. The number of aryl methyl sites for hydroxylation is 4. The molecule has 0 saturated carbocycles. The number of hydrogen-bond donors (Lipinski definition) is 1. The molecule has 22 heavy (non-hydrogen) atoms. The van der Waals surface area contributed by atoms with E-state index in [1.54, 1.807) is 0 Å². The predicted octanol–water partition coefficient (Wildman–Crippen LogP) is 3.73. The molecule has 0 saturated heterocycles. The summed E-state index contributed by atoms with van der Waals surface area (Å²) < 4.78 is 5.71. The normalized spacial score (nSPS) is 10.4. The van der Waals surface area contributed by atoms with E-state index >= 15 is 0 Å². The van der Waals surface area contributed by atoms with E-state index in [1.165, 1.54) is 11.1 Å². The lowest BCUT2D eigenvalue weighted by molar-refractivity contribution is 0.0947. The van der Waals surface area contributed by atoms with Crippen molar-refractivity contribution < 1.29 is 9.53 Å². The van der Waals surface area contributed by atoms with Crippen LogP contribution < -0.4 is 10.1 Å². The zero-order valence-corrected chi connectivity index (χ0v) is 13.7. The van der Waals surface area contributed by atoms with Crippen molar-refractivity contribution in [2.75, 3.05) is 13.2 Å². The minimum atomic E-state index is -0.0627. The van der Waals surface area contributed by atoms with E-state index in [9.17, 15) is 4.79 Å². The fourth-order valence-corrected chi connectivity index (χ4v) is 2.27. The van der Waals surface area contributed by atoms with Gasteiger partial charge in [0.1, 0.15) is 12.4 Å². The molecule has 0 aliphatic carbocycles. The van der Waals surface area contributed by atoms with E-state index in [0.29, 0.717) is 18.7 Å². The van der Waals surface area contributed by atoms with Crippen molar-refractivity contribution in [1.29, 1.82) is 0 Å². The molecule has 1 amide bonds. The number of carbonyl (C=O) groups excluding carboxylic acids is 1. The molecule has 0 aliphatic heterocycles. The molecule has 0 fully saturated rings. The van der Waals surface area contributed by atoms with Gasteiger partial charge in [-0.3, -0.25) is 4.79 Å². The Morgan fingerprint density at radius 2 is 1.73 bits per heavy atom. The van der Waals surface area contributed by atoms with Crippen LogP contribution in [0.25, 0.3) is 0 Å². The molecule has 2 aromatic rings. The first-order valence-electron chi connectivity index (χ1n) is 7.53. The SMILES string of the molecule is Cc1ccc(OCCNC(=O)c2ccc(C)c(C)c2)c(C)c1. The Balaban J connectivity index is 1.83. The summed E-state index contributed by atoms with van der Waals surface area (Å²) in [4.78, 5) is 12.1. The highest BCUT2D eigenvalue weighted by Crippen LogP contribution is 2.18. The minimum Gasteiger partial charge on any atom is -0.491 e. The van der Waals surface area contributed by atoms with Gasteiger partial charge >= 0.3 is 0 Å². The Bertz CT molecular complexity index is 677. The summed E-state index contributed by atoms with van der Waals surface area (Å²) in [5.74, 6) is 0.804. The van der Waals surface area contributed by atoms with Crippen molar-refractivity contribution in [3.8, 4) is 5.75 Å². The van der Waals surface area contributed by atoms with Gasteiger partial charge in [-0.1, -0.05) is 23.8 Å². The van der Waals surface area contributed by atoms with Crippen LogP contribution in [0.2, 0.25) is 0 Å². The minimum absolute atomic E-state index is 0.0627. The monoisotopic (exact) mass is 297 g/mol. The van der Waals surface area contributed by atoms with Crippen molar-refractivity contribution in [3.63, 3.8) is 0 Å². The van der Waals surface area contributed by atoms with Crippen LogP contribution in [0, 0.1) is 27.7 Å². The summed E-state index contributed by atoms with van der Waals surface area (Å²) in [5.41, 5.74) is 5.33. The fraction of sp³-hybridized carbons (Fsp3) is 0.316. The van der Waals surface area contributed by atoms with Gasteiger partial charge in [-0.15, -0.1) is 0 Å². The van der Waals surface area contributed by atoms with Crippen LogP contribution in [0.5, 0.6) is 5.75 Å². The van der Waals surface area contributed by atoms with Crippen LogP contribution in [-0.2, 0) is 0 Å². The maximum absolute atomic E-state index is 12.1. The largest absolute Gasteiger partial charge is 0.491 e. The summed E-state index contributed by atoms with van der Waals surface area (Å²) in [6.45, 7) is 9.07. The molecular weight excluding hydrogens is 274 g/mol. The van der Waals surface area contributed by atoms with Gasteiger partial charge in [0.2, 0.25) is 0 Å². The van der Waals surface area contributed by atoms with Crippen LogP contribution in [0.4, 0.5) is 0 Å². The molecule has 0 unspecified atom stereocenters. The van der Waals surface area contributed by atoms with Gasteiger partial charge in [0.15, 0.2) is 0 Å². The molecule has 0 aromatic heterocycles. The van der Waals surface area contributed by atoms with Crippen LogP contribution in [0.3, 0.4) is 0 Å². The zero-order valence-electron chi connectivity index (χ0n) is 13.7. The Kier molecular flexibility index (Phi) is 5.21. The lowest BCUT2D eigenvalue weighted by Crippen LogP contribution is -2.28. The number of rotatable bonds is 5. The van der Waals surface area contributed by atoms with Crippen LogP contribution >= 0.6 is 0 Å². The molecule has 0 aliphatic rings. The Morgan fingerprint density at radius 1 is 0.955 bits per heavy atom. The molecule has 3 heteroatoms. The van der Waals surface area contributed by atoms with Crippen molar-refractivity contribution in [3.05, 3.63) is 64.2 Å². The molecule has 116 valence electrons. The van der Waals surface area contributed by atoms with E-state index in [2.05, 4.69) is 18.3 Å². The van der Waals surface area contributed by atoms with Gasteiger partial charge in [-0.05, 0) is 62.6 Å². The van der Waals surface area contributed by atoms with Gasteiger partial charge in [-0.25, -0.2) is 0 Å². The lowest BCUT2D eigenvalue weighted by Gasteiger charge is -2.11. The highest BCUT2D eigenvalue weighted by Gasteiger charge is 2.06. The summed E-state index contributed by atoms with van der Waals surface area (Å²) in [5, 5.41) is 2.88. The molecule has 0 spiro atoms. The maximum Gasteiger partial charge on any atom is 0.251 e. The quantitative estimate of drug-likeness (QED) is 0.854. The van der Waals surface area contributed by atoms with E-state index < -0.39 is 0 Å². The second-order valence-corrected chi connectivity index (χ2v) is 5.67. The Morgan fingerprint density at radius 3 is 2.41 bits per heavy atom. The van der Waals surface area contributed by atoms with Gasteiger partial charge in [-0.2, -0.15) is 0 Å². The molecule has 0 bridgehead atoms. The van der Waals surface area contributed by atoms with Crippen LogP contribution in [-0.4, -0.2) is 19.1 Å². The number of ether oxygens (including phenoxy) is 1. The second-order valence-electron chi connectivity index (χ2n) is 5.67. The summed E-state index contributed by atoms with van der Waals surface area (Å²) in [7, 11) is 0. The molecular formula is C19H23NO2. The van der Waals surface area contributed by atoms with Gasteiger partial charge in [0.25, 0.3) is 5.91 Å². The smallest absolute Gasteiger partial charge is 0.251 e. The number of nitrogens with one attached hydrogen (secondary N) is 1. The van der Waals surface area contributed by atoms with Crippen molar-refractivity contribution >= 4 is 5.91 Å². The highest BCUT2D eigenvalue weighted by atomic mass is 16.5. The van der Waals surface area contributed by atoms with E-state index in [-0.39, 0.29) is 5.91 Å². The Hall–Kier alpha value is -2.29. The first kappa shape index (κ1) is 16.1. The van der Waals surface area contributed by atoms with E-state index in [4.69, 9.17) is 4.74 Å². The molecule has 2 aromatic carbocycles. The Labute approximate surface area is 132 Å². The third kappa shape index (κ3) is 4.10. The molecule has 0 heterocycles. The molecule has 0 atom stereocenters. The lowest BCUT2D eigenvalue weighted by atomic mass is 10.1. The number of hydrogen-bond acceptors (Lipinski definition) is 2. The molecule has 1 N–H and O–H groups in total. The third-order valence-corrected chi connectivity index (χ3v) is 3.74. The maximum atomic E-state index is 12.1. The average molecular weight is 297 g/mol. The second kappa shape index (κ2) is 7.12. The van der Waals surface area contributed by atoms with Crippen molar-refractivity contribution in [2.45, 2.75) is 27.7 Å². The number of amides is 1. The zero-order chi connectivity index (χ0) is 16.1. The molecule has 2 rings (SSSR count). The third-order valence-electron chi connectivity index (χ3n) is 3.74.